The van der Waals surface area contributed by atoms with Crippen LogP contribution in [0.2, 0.25) is 0 Å². The summed E-state index contributed by atoms with van der Waals surface area (Å²) in [6, 6.07) is 57.5. The average molecular weight is 554 g/mol. The highest BCUT2D eigenvalue weighted by molar-refractivity contribution is 5.89. The van der Waals surface area contributed by atoms with E-state index in [0.29, 0.717) is 11.7 Å². The van der Waals surface area contributed by atoms with Gasteiger partial charge in [0.1, 0.15) is 0 Å². The fraction of sp³-hybridized carbons (Fsp3) is 0.0256. The Bertz CT molecular complexity index is 1930. The molecule has 4 nitrogen and oxygen atoms in total. The zero-order valence-corrected chi connectivity index (χ0v) is 23.3. The van der Waals surface area contributed by atoms with Crippen molar-refractivity contribution in [3.8, 4) is 22.8 Å². The van der Waals surface area contributed by atoms with Crippen LogP contribution in [0, 0.1) is 0 Å². The van der Waals surface area contributed by atoms with Crippen LogP contribution in [0.5, 0.6) is 0 Å². The first-order chi connectivity index (χ1) is 21.3. The fourth-order valence-corrected chi connectivity index (χ4v) is 6.49. The van der Waals surface area contributed by atoms with Crippen LogP contribution in [-0.2, 0) is 5.41 Å². The predicted octanol–water partition coefficient (Wildman–Crippen LogP) is 9.57. The minimum Gasteiger partial charge on any atom is -0.334 e. The monoisotopic (exact) mass is 553 g/mol. The molecule has 0 aliphatic carbocycles. The average Bonchev–Trinajstić information content (AvgIpc) is 3.59. The smallest absolute Gasteiger partial charge is 0.258 e. The van der Waals surface area contributed by atoms with Gasteiger partial charge in [-0.3, -0.25) is 0 Å². The number of hydrogen-bond acceptors (Lipinski definition) is 4. The second-order valence-corrected chi connectivity index (χ2v) is 10.7. The molecular formula is C39H27N3O. The summed E-state index contributed by atoms with van der Waals surface area (Å²) in [6.07, 6.45) is 0. The van der Waals surface area contributed by atoms with Crippen molar-refractivity contribution >= 4 is 17.1 Å². The Morgan fingerprint density at radius 2 is 0.953 bits per heavy atom. The van der Waals surface area contributed by atoms with E-state index in [1.807, 2.05) is 30.3 Å². The topological polar surface area (TPSA) is 42.2 Å². The molecule has 43 heavy (non-hydrogen) atoms. The molecule has 204 valence electrons. The zero-order chi connectivity index (χ0) is 28.6. The van der Waals surface area contributed by atoms with Gasteiger partial charge < -0.3 is 9.42 Å². The molecule has 1 aliphatic heterocycles. The summed E-state index contributed by atoms with van der Waals surface area (Å²) >= 11 is 0. The summed E-state index contributed by atoms with van der Waals surface area (Å²) in [6.45, 7) is 0. The molecule has 4 heteroatoms. The third-order valence-electron chi connectivity index (χ3n) is 8.34. The molecule has 1 aromatic heterocycles. The molecule has 0 saturated heterocycles. The van der Waals surface area contributed by atoms with E-state index in [1.54, 1.807) is 0 Å². The van der Waals surface area contributed by atoms with Crippen molar-refractivity contribution in [3.63, 3.8) is 0 Å². The second-order valence-electron chi connectivity index (χ2n) is 10.7. The van der Waals surface area contributed by atoms with Gasteiger partial charge in [0.05, 0.1) is 16.8 Å². The highest BCUT2D eigenvalue weighted by atomic mass is 16.5. The SMILES string of the molecule is c1ccc(-c2noc(-c3ccc(N4c5ccccc5C(c5ccccc5)(c5ccccc5)c5ccccc54)cc3)n2)cc1. The Morgan fingerprint density at radius 1 is 0.465 bits per heavy atom. The lowest BCUT2D eigenvalue weighted by Gasteiger charge is -2.46. The van der Waals surface area contributed by atoms with Crippen LogP contribution in [0.4, 0.5) is 17.1 Å². The maximum atomic E-state index is 5.65. The largest absolute Gasteiger partial charge is 0.334 e. The van der Waals surface area contributed by atoms with Gasteiger partial charge >= 0.3 is 0 Å². The summed E-state index contributed by atoms with van der Waals surface area (Å²) in [4.78, 5) is 7.02. The number of benzene rings is 6. The number of rotatable bonds is 5. The molecular weight excluding hydrogens is 526 g/mol. The molecule has 1 aliphatic rings. The molecule has 0 saturated carbocycles. The van der Waals surface area contributed by atoms with E-state index in [0.717, 1.165) is 28.2 Å². The molecule has 8 rings (SSSR count). The van der Waals surface area contributed by atoms with Crippen molar-refractivity contribution in [2.24, 2.45) is 0 Å². The molecule has 0 bridgehead atoms. The van der Waals surface area contributed by atoms with Gasteiger partial charge in [0.25, 0.3) is 5.89 Å². The lowest BCUT2D eigenvalue weighted by molar-refractivity contribution is 0.432. The van der Waals surface area contributed by atoms with Gasteiger partial charge in [0.15, 0.2) is 0 Å². The van der Waals surface area contributed by atoms with Gasteiger partial charge in [-0.1, -0.05) is 133 Å². The molecule has 2 heterocycles. The van der Waals surface area contributed by atoms with Crippen LogP contribution in [-0.4, -0.2) is 10.1 Å². The molecule has 0 fully saturated rings. The van der Waals surface area contributed by atoms with Crippen molar-refractivity contribution in [2.75, 3.05) is 4.90 Å². The van der Waals surface area contributed by atoms with Gasteiger partial charge in [-0.25, -0.2) is 0 Å². The number of anilines is 3. The van der Waals surface area contributed by atoms with Crippen molar-refractivity contribution < 1.29 is 4.52 Å². The molecule has 0 atom stereocenters. The van der Waals surface area contributed by atoms with Gasteiger partial charge in [-0.05, 0) is 58.7 Å². The van der Waals surface area contributed by atoms with Crippen molar-refractivity contribution in [1.29, 1.82) is 0 Å². The van der Waals surface area contributed by atoms with E-state index in [2.05, 4.69) is 149 Å². The second kappa shape index (κ2) is 10.3. The number of fused-ring (bicyclic) bond motifs is 2. The minimum atomic E-state index is -0.482. The molecule has 7 aromatic rings. The first-order valence-corrected chi connectivity index (χ1v) is 14.4. The summed E-state index contributed by atoms with van der Waals surface area (Å²) in [5, 5.41) is 4.21. The fourth-order valence-electron chi connectivity index (χ4n) is 6.49. The molecule has 6 aromatic carbocycles. The Labute approximate surface area is 250 Å². The Balaban J connectivity index is 1.29. The predicted molar refractivity (Wildman–Crippen MR) is 172 cm³/mol. The van der Waals surface area contributed by atoms with Gasteiger partial charge in [-0.2, -0.15) is 4.98 Å². The van der Waals surface area contributed by atoms with E-state index < -0.39 is 5.41 Å². The van der Waals surface area contributed by atoms with Crippen LogP contribution in [0.1, 0.15) is 22.3 Å². The Kier molecular flexibility index (Phi) is 5.97. The molecule has 0 radical (unpaired) electrons. The van der Waals surface area contributed by atoms with Crippen LogP contribution >= 0.6 is 0 Å². The summed E-state index contributed by atoms with van der Waals surface area (Å²) in [7, 11) is 0. The maximum Gasteiger partial charge on any atom is 0.258 e. The van der Waals surface area contributed by atoms with Gasteiger partial charge in [-0.15, -0.1) is 0 Å². The molecule has 0 amide bonds. The van der Waals surface area contributed by atoms with Crippen molar-refractivity contribution in [1.82, 2.24) is 10.1 Å². The summed E-state index contributed by atoms with van der Waals surface area (Å²) in [5.41, 5.74) is 9.61. The number of aromatic nitrogens is 2. The van der Waals surface area contributed by atoms with Crippen molar-refractivity contribution in [3.05, 3.63) is 186 Å². The third-order valence-corrected chi connectivity index (χ3v) is 8.34. The normalized spacial score (nSPS) is 13.3. The van der Waals surface area contributed by atoms with Crippen LogP contribution in [0.15, 0.2) is 168 Å². The van der Waals surface area contributed by atoms with Crippen molar-refractivity contribution in [2.45, 2.75) is 5.41 Å². The van der Waals surface area contributed by atoms with E-state index in [4.69, 9.17) is 4.52 Å². The van der Waals surface area contributed by atoms with Gasteiger partial charge in [0, 0.05) is 16.8 Å². The van der Waals surface area contributed by atoms with Crippen LogP contribution < -0.4 is 4.90 Å². The van der Waals surface area contributed by atoms with Gasteiger partial charge in [0.2, 0.25) is 5.82 Å². The lowest BCUT2D eigenvalue weighted by atomic mass is 9.62. The third kappa shape index (κ3) is 3.99. The van der Waals surface area contributed by atoms with Crippen LogP contribution in [0.3, 0.4) is 0 Å². The number of hydrogen-bond donors (Lipinski definition) is 0. The first-order valence-electron chi connectivity index (χ1n) is 14.4. The molecule has 0 N–H and O–H groups in total. The number of para-hydroxylation sites is 2. The van der Waals surface area contributed by atoms with E-state index in [-0.39, 0.29) is 0 Å². The zero-order valence-electron chi connectivity index (χ0n) is 23.3. The standard InChI is InChI=1S/C39H27N3O/c1-4-14-28(15-5-1)37-40-38(43-41-37)29-24-26-32(27-25-29)42-35-22-12-10-20-33(35)39(30-16-6-2-7-17-30,31-18-8-3-9-19-31)34-21-11-13-23-36(34)42/h1-27H. The Morgan fingerprint density at radius 3 is 1.51 bits per heavy atom. The van der Waals surface area contributed by atoms with E-state index >= 15 is 0 Å². The highest BCUT2D eigenvalue weighted by Crippen LogP contribution is 2.57. The molecule has 0 spiro atoms. The summed E-state index contributed by atoms with van der Waals surface area (Å²) in [5.74, 6) is 1.08. The Hall–Kier alpha value is -5.74. The van der Waals surface area contributed by atoms with E-state index in [1.165, 1.54) is 22.3 Å². The molecule has 0 unspecified atom stereocenters. The minimum absolute atomic E-state index is 0.482. The quantitative estimate of drug-likeness (QED) is 0.213. The highest BCUT2D eigenvalue weighted by Gasteiger charge is 2.46. The van der Waals surface area contributed by atoms with E-state index in [9.17, 15) is 0 Å². The summed E-state index contributed by atoms with van der Waals surface area (Å²) < 4.78 is 5.65. The van der Waals surface area contributed by atoms with Crippen LogP contribution in [0.25, 0.3) is 22.8 Å². The number of nitrogens with zero attached hydrogens (tertiary/aromatic N) is 3. The maximum absolute atomic E-state index is 5.65. The first kappa shape index (κ1) is 25.0. The lowest BCUT2D eigenvalue weighted by Crippen LogP contribution is -2.37.